The van der Waals surface area contributed by atoms with Crippen LogP contribution in [0.2, 0.25) is 0 Å². The topological polar surface area (TPSA) is 105 Å². The van der Waals surface area contributed by atoms with E-state index in [2.05, 4.69) is 0 Å². The Hall–Kier alpha value is -1.99. The maximum absolute atomic E-state index is 13.5. The second-order valence-electron chi connectivity index (χ2n) is 3.77. The number of hydrogen-bond donors (Lipinski definition) is 2. The Labute approximate surface area is 102 Å². The maximum atomic E-state index is 13.5. The van der Waals surface area contributed by atoms with Gasteiger partial charge in [-0.3, -0.25) is 9.59 Å². The summed E-state index contributed by atoms with van der Waals surface area (Å²) in [6.07, 6.45) is -3.81. The standard InChI is InChI=1S/C11H11FN2O4/c12-6-4-2-1-3-5(6)11-17-7(9(13)15)8(18-11)10(14)16/h1-4,7-8,11H,(H2,13,15)(H2,14,16)/t7-,8-/m0/s1. The maximum Gasteiger partial charge on any atom is 0.249 e. The molecule has 1 aromatic rings. The first-order chi connectivity index (χ1) is 8.50. The molecular weight excluding hydrogens is 243 g/mol. The molecule has 0 aromatic heterocycles. The Kier molecular flexibility index (Phi) is 3.26. The third-order valence-electron chi connectivity index (χ3n) is 2.54. The van der Waals surface area contributed by atoms with Crippen molar-refractivity contribution in [2.75, 3.05) is 0 Å². The zero-order valence-corrected chi connectivity index (χ0v) is 9.21. The molecule has 0 unspecified atom stereocenters. The van der Waals surface area contributed by atoms with E-state index >= 15 is 0 Å². The molecule has 7 heteroatoms. The van der Waals surface area contributed by atoms with Crippen molar-refractivity contribution >= 4 is 11.8 Å². The first kappa shape index (κ1) is 12.5. The van der Waals surface area contributed by atoms with Gasteiger partial charge < -0.3 is 20.9 Å². The second kappa shape index (κ2) is 4.71. The summed E-state index contributed by atoms with van der Waals surface area (Å²) < 4.78 is 23.8. The van der Waals surface area contributed by atoms with E-state index in [1.54, 1.807) is 6.07 Å². The molecule has 6 nitrogen and oxygen atoms in total. The molecule has 0 spiro atoms. The van der Waals surface area contributed by atoms with E-state index in [1.807, 2.05) is 0 Å². The summed E-state index contributed by atoms with van der Waals surface area (Å²) in [7, 11) is 0. The number of ether oxygens (including phenoxy) is 2. The van der Waals surface area contributed by atoms with Crippen LogP contribution >= 0.6 is 0 Å². The Bertz CT molecular complexity index is 472. The van der Waals surface area contributed by atoms with Gasteiger partial charge in [-0.2, -0.15) is 0 Å². The van der Waals surface area contributed by atoms with E-state index < -0.39 is 36.1 Å². The summed E-state index contributed by atoms with van der Waals surface area (Å²) in [5, 5.41) is 0. The lowest BCUT2D eigenvalue weighted by Crippen LogP contribution is -2.44. The summed E-state index contributed by atoms with van der Waals surface area (Å²) in [4.78, 5) is 22.2. The van der Waals surface area contributed by atoms with Crippen LogP contribution in [0.4, 0.5) is 4.39 Å². The van der Waals surface area contributed by atoms with Crippen LogP contribution in [0.25, 0.3) is 0 Å². The van der Waals surface area contributed by atoms with Crippen molar-refractivity contribution in [3.05, 3.63) is 35.6 Å². The van der Waals surface area contributed by atoms with Crippen molar-refractivity contribution in [2.24, 2.45) is 11.5 Å². The number of carbonyl (C=O) groups is 2. The Balaban J connectivity index is 2.26. The molecule has 96 valence electrons. The molecule has 0 saturated carbocycles. The zero-order valence-electron chi connectivity index (χ0n) is 9.21. The number of rotatable bonds is 3. The van der Waals surface area contributed by atoms with Gasteiger partial charge in [0.05, 0.1) is 0 Å². The summed E-state index contributed by atoms with van der Waals surface area (Å²) in [6, 6.07) is 5.69. The van der Waals surface area contributed by atoms with Gasteiger partial charge in [-0.25, -0.2) is 4.39 Å². The molecular formula is C11H11FN2O4. The third kappa shape index (κ3) is 2.18. The number of amides is 2. The molecule has 1 aliphatic heterocycles. The zero-order chi connectivity index (χ0) is 13.3. The van der Waals surface area contributed by atoms with E-state index in [0.717, 1.165) is 0 Å². The smallest absolute Gasteiger partial charge is 0.249 e. The molecule has 1 saturated heterocycles. The minimum atomic E-state index is -1.31. The molecule has 1 heterocycles. The predicted molar refractivity (Wildman–Crippen MR) is 57.3 cm³/mol. The number of benzene rings is 1. The molecule has 2 rings (SSSR count). The van der Waals surface area contributed by atoms with Gasteiger partial charge in [0.2, 0.25) is 11.8 Å². The van der Waals surface area contributed by atoms with Crippen LogP contribution < -0.4 is 11.5 Å². The molecule has 0 aliphatic carbocycles. The number of hydrogen-bond acceptors (Lipinski definition) is 4. The van der Waals surface area contributed by atoms with E-state index in [4.69, 9.17) is 20.9 Å². The van der Waals surface area contributed by atoms with Gasteiger partial charge >= 0.3 is 0 Å². The molecule has 2 amide bonds. The third-order valence-corrected chi connectivity index (χ3v) is 2.54. The first-order valence-corrected chi connectivity index (χ1v) is 5.14. The van der Waals surface area contributed by atoms with Crippen LogP contribution in [0.5, 0.6) is 0 Å². The predicted octanol–water partition coefficient (Wildman–Crippen LogP) is -0.421. The van der Waals surface area contributed by atoms with Crippen molar-refractivity contribution in [1.82, 2.24) is 0 Å². The normalized spacial score (nSPS) is 24.1. The van der Waals surface area contributed by atoms with Crippen molar-refractivity contribution in [3.63, 3.8) is 0 Å². The quantitative estimate of drug-likeness (QED) is 0.764. The highest BCUT2D eigenvalue weighted by Gasteiger charge is 2.44. The van der Waals surface area contributed by atoms with Crippen molar-refractivity contribution < 1.29 is 23.5 Å². The van der Waals surface area contributed by atoms with Gasteiger partial charge in [-0.05, 0) is 6.07 Å². The van der Waals surface area contributed by atoms with E-state index in [9.17, 15) is 14.0 Å². The van der Waals surface area contributed by atoms with E-state index in [1.165, 1.54) is 18.2 Å². The fourth-order valence-corrected chi connectivity index (χ4v) is 1.69. The van der Waals surface area contributed by atoms with Crippen LogP contribution in [0.15, 0.2) is 24.3 Å². The minimum absolute atomic E-state index is 0.0764. The van der Waals surface area contributed by atoms with Gasteiger partial charge in [-0.15, -0.1) is 0 Å². The highest BCUT2D eigenvalue weighted by atomic mass is 19.1. The lowest BCUT2D eigenvalue weighted by molar-refractivity contribution is -0.133. The van der Waals surface area contributed by atoms with Crippen LogP contribution in [0, 0.1) is 5.82 Å². The molecule has 0 radical (unpaired) electrons. The van der Waals surface area contributed by atoms with Gasteiger partial charge in [0, 0.05) is 5.56 Å². The summed E-state index contributed by atoms with van der Waals surface area (Å²) in [6.45, 7) is 0. The van der Waals surface area contributed by atoms with Crippen molar-refractivity contribution in [1.29, 1.82) is 0 Å². The van der Waals surface area contributed by atoms with Crippen molar-refractivity contribution in [2.45, 2.75) is 18.5 Å². The molecule has 0 bridgehead atoms. The van der Waals surface area contributed by atoms with Crippen LogP contribution in [-0.2, 0) is 19.1 Å². The van der Waals surface area contributed by atoms with Crippen LogP contribution in [0.3, 0.4) is 0 Å². The van der Waals surface area contributed by atoms with E-state index in [-0.39, 0.29) is 5.56 Å². The van der Waals surface area contributed by atoms with Gasteiger partial charge in [0.25, 0.3) is 0 Å². The number of primary amides is 2. The first-order valence-electron chi connectivity index (χ1n) is 5.14. The molecule has 18 heavy (non-hydrogen) atoms. The van der Waals surface area contributed by atoms with Gasteiger partial charge in [0.1, 0.15) is 5.82 Å². The molecule has 1 fully saturated rings. The number of carbonyl (C=O) groups excluding carboxylic acids is 2. The Morgan fingerprint density at radius 2 is 1.56 bits per heavy atom. The monoisotopic (exact) mass is 254 g/mol. The fourth-order valence-electron chi connectivity index (χ4n) is 1.69. The number of nitrogens with two attached hydrogens (primary N) is 2. The fraction of sp³-hybridized carbons (Fsp3) is 0.273. The lowest BCUT2D eigenvalue weighted by Gasteiger charge is -2.10. The second-order valence-corrected chi connectivity index (χ2v) is 3.77. The average molecular weight is 254 g/mol. The van der Waals surface area contributed by atoms with Gasteiger partial charge in [-0.1, -0.05) is 18.2 Å². The van der Waals surface area contributed by atoms with Crippen LogP contribution in [-0.4, -0.2) is 24.0 Å². The molecule has 1 aromatic carbocycles. The average Bonchev–Trinajstić information content (AvgIpc) is 2.74. The van der Waals surface area contributed by atoms with E-state index in [0.29, 0.717) is 0 Å². The highest BCUT2D eigenvalue weighted by Crippen LogP contribution is 2.32. The molecule has 1 aliphatic rings. The summed E-state index contributed by atoms with van der Waals surface area (Å²) >= 11 is 0. The van der Waals surface area contributed by atoms with Crippen molar-refractivity contribution in [3.8, 4) is 0 Å². The highest BCUT2D eigenvalue weighted by molar-refractivity contribution is 5.89. The minimum Gasteiger partial charge on any atom is -0.367 e. The molecule has 4 N–H and O–H groups in total. The number of halogens is 1. The van der Waals surface area contributed by atoms with Gasteiger partial charge in [0.15, 0.2) is 18.5 Å². The summed E-state index contributed by atoms with van der Waals surface area (Å²) in [5.41, 5.74) is 10.2. The van der Waals surface area contributed by atoms with Crippen LogP contribution in [0.1, 0.15) is 11.9 Å². The summed E-state index contributed by atoms with van der Waals surface area (Å²) in [5.74, 6) is -2.36. The largest absolute Gasteiger partial charge is 0.367 e. The SMILES string of the molecule is NC(=O)[C@H]1OC(c2ccccc2F)O[C@@H]1C(N)=O. The lowest BCUT2D eigenvalue weighted by atomic mass is 10.2. The molecule has 2 atom stereocenters. The Morgan fingerprint density at radius 3 is 2.00 bits per heavy atom. The Morgan fingerprint density at radius 1 is 1.06 bits per heavy atom.